The summed E-state index contributed by atoms with van der Waals surface area (Å²) in [7, 11) is 0. The standard InChI is InChI=1S/C28H24ClN5O3S/c29-22-4-2-1-3-20(22)25-12-23-26(38-25)27(35)34(28(36)31-23)24-14-30-13-17-5-6-18(11-21(17)24)32-7-9-33(10-8-32)19-15-37-16-19/h1-6,11-14,19H,7-10,15-16H2,(H,31,36). The van der Waals surface area contributed by atoms with Gasteiger partial charge in [-0.3, -0.25) is 14.7 Å². The number of aromatic amines is 1. The molecule has 2 aromatic carbocycles. The lowest BCUT2D eigenvalue weighted by Crippen LogP contribution is -2.56. The second-order valence-corrected chi connectivity index (χ2v) is 11.1. The highest BCUT2D eigenvalue weighted by Crippen LogP contribution is 2.35. The van der Waals surface area contributed by atoms with E-state index in [1.54, 1.807) is 12.4 Å². The van der Waals surface area contributed by atoms with Crippen molar-refractivity contribution in [2.45, 2.75) is 6.04 Å². The summed E-state index contributed by atoms with van der Waals surface area (Å²) < 4.78 is 7.01. The molecule has 0 radical (unpaired) electrons. The summed E-state index contributed by atoms with van der Waals surface area (Å²) in [5, 5.41) is 2.27. The SMILES string of the molecule is O=c1[nH]c2cc(-c3ccccc3Cl)sc2c(=O)n1-c1cncc2ccc(N3CCN(C4COC4)CC3)cc12. The highest BCUT2D eigenvalue weighted by molar-refractivity contribution is 7.22. The molecular formula is C28H24ClN5O3S. The molecule has 0 aliphatic carbocycles. The Hall–Kier alpha value is -3.50. The van der Waals surface area contributed by atoms with Crippen LogP contribution in [0.15, 0.2) is 70.5 Å². The van der Waals surface area contributed by atoms with E-state index in [2.05, 4.69) is 31.9 Å². The zero-order valence-corrected chi connectivity index (χ0v) is 22.0. The highest BCUT2D eigenvalue weighted by atomic mass is 35.5. The van der Waals surface area contributed by atoms with Gasteiger partial charge in [0.1, 0.15) is 4.70 Å². The van der Waals surface area contributed by atoms with Crippen LogP contribution in [-0.2, 0) is 4.74 Å². The number of benzene rings is 2. The summed E-state index contributed by atoms with van der Waals surface area (Å²) in [4.78, 5) is 39.9. The van der Waals surface area contributed by atoms with Crippen LogP contribution in [0.5, 0.6) is 0 Å². The Morgan fingerprint density at radius 2 is 1.82 bits per heavy atom. The number of aromatic nitrogens is 3. The van der Waals surface area contributed by atoms with Gasteiger partial charge in [-0.15, -0.1) is 11.3 Å². The fourth-order valence-electron chi connectivity index (χ4n) is 5.31. The number of rotatable bonds is 4. The molecule has 3 aromatic heterocycles. The molecule has 5 aromatic rings. The number of pyridine rings is 1. The summed E-state index contributed by atoms with van der Waals surface area (Å²) >= 11 is 7.71. The van der Waals surface area contributed by atoms with Crippen molar-refractivity contribution in [3.8, 4) is 16.1 Å². The first-order valence-corrected chi connectivity index (χ1v) is 13.7. The minimum Gasteiger partial charge on any atom is -0.378 e. The van der Waals surface area contributed by atoms with Crippen LogP contribution in [-0.4, -0.2) is 64.9 Å². The van der Waals surface area contributed by atoms with Crippen molar-refractivity contribution >= 4 is 49.6 Å². The second kappa shape index (κ2) is 9.36. The Labute approximate surface area is 226 Å². The molecule has 192 valence electrons. The minimum atomic E-state index is -0.498. The van der Waals surface area contributed by atoms with Crippen molar-refractivity contribution in [1.29, 1.82) is 0 Å². The zero-order valence-electron chi connectivity index (χ0n) is 20.4. The number of nitrogens with zero attached hydrogens (tertiary/aromatic N) is 4. The number of piperazine rings is 1. The fraction of sp³-hybridized carbons (Fsp3) is 0.250. The smallest absolute Gasteiger partial charge is 0.333 e. The van der Waals surface area contributed by atoms with E-state index in [0.29, 0.717) is 27.0 Å². The van der Waals surface area contributed by atoms with Gasteiger partial charge in [0.25, 0.3) is 5.56 Å². The Morgan fingerprint density at radius 1 is 1.00 bits per heavy atom. The topological polar surface area (TPSA) is 83.5 Å². The van der Waals surface area contributed by atoms with E-state index < -0.39 is 5.69 Å². The van der Waals surface area contributed by atoms with Crippen LogP contribution in [0.3, 0.4) is 0 Å². The van der Waals surface area contributed by atoms with Crippen molar-refractivity contribution in [2.75, 3.05) is 44.3 Å². The summed E-state index contributed by atoms with van der Waals surface area (Å²) in [5.74, 6) is 0. The maximum absolute atomic E-state index is 13.7. The molecule has 0 unspecified atom stereocenters. The normalized spacial score (nSPS) is 16.8. The van der Waals surface area contributed by atoms with E-state index in [4.69, 9.17) is 16.3 Å². The number of hydrogen-bond acceptors (Lipinski definition) is 7. The van der Waals surface area contributed by atoms with Crippen molar-refractivity contribution < 1.29 is 4.74 Å². The number of anilines is 1. The Kier molecular flexibility index (Phi) is 5.81. The maximum Gasteiger partial charge on any atom is 0.333 e. The van der Waals surface area contributed by atoms with Gasteiger partial charge < -0.3 is 14.6 Å². The van der Waals surface area contributed by atoms with Crippen LogP contribution >= 0.6 is 22.9 Å². The number of hydrogen-bond donors (Lipinski definition) is 1. The number of nitrogens with one attached hydrogen (secondary N) is 1. The number of H-pyrrole nitrogens is 1. The third kappa shape index (κ3) is 3.94. The molecule has 0 saturated carbocycles. The van der Waals surface area contributed by atoms with Crippen LogP contribution in [0.2, 0.25) is 5.02 Å². The van der Waals surface area contributed by atoms with Crippen LogP contribution < -0.4 is 16.1 Å². The average molecular weight is 546 g/mol. The van der Waals surface area contributed by atoms with Gasteiger partial charge in [-0.2, -0.15) is 0 Å². The fourth-order valence-corrected chi connectivity index (χ4v) is 6.69. The van der Waals surface area contributed by atoms with E-state index >= 15 is 0 Å². The van der Waals surface area contributed by atoms with E-state index in [9.17, 15) is 9.59 Å². The van der Waals surface area contributed by atoms with Crippen molar-refractivity contribution in [2.24, 2.45) is 0 Å². The molecule has 2 aliphatic heterocycles. The largest absolute Gasteiger partial charge is 0.378 e. The summed E-state index contributed by atoms with van der Waals surface area (Å²) in [5.41, 5.74) is 1.99. The molecular weight excluding hydrogens is 522 g/mol. The van der Waals surface area contributed by atoms with Gasteiger partial charge >= 0.3 is 5.69 Å². The molecule has 5 heterocycles. The van der Waals surface area contributed by atoms with E-state index in [0.717, 1.165) is 66.3 Å². The molecule has 2 fully saturated rings. The molecule has 10 heteroatoms. The van der Waals surface area contributed by atoms with Gasteiger partial charge in [0.05, 0.1) is 36.7 Å². The van der Waals surface area contributed by atoms with Crippen molar-refractivity contribution in [3.05, 3.63) is 86.8 Å². The zero-order chi connectivity index (χ0) is 25.8. The molecule has 0 spiro atoms. The lowest BCUT2D eigenvalue weighted by Gasteiger charge is -2.43. The first kappa shape index (κ1) is 23.6. The van der Waals surface area contributed by atoms with Gasteiger partial charge in [-0.05, 0) is 24.3 Å². The molecule has 8 nitrogen and oxygen atoms in total. The Bertz CT molecular complexity index is 1800. The van der Waals surface area contributed by atoms with E-state index in [1.807, 2.05) is 36.4 Å². The molecule has 0 atom stereocenters. The van der Waals surface area contributed by atoms with Crippen molar-refractivity contribution in [1.82, 2.24) is 19.4 Å². The molecule has 7 rings (SSSR count). The van der Waals surface area contributed by atoms with Gasteiger partial charge in [-0.25, -0.2) is 9.36 Å². The quantitative estimate of drug-likeness (QED) is 0.366. The van der Waals surface area contributed by atoms with Crippen molar-refractivity contribution in [3.63, 3.8) is 0 Å². The predicted octanol–water partition coefficient (Wildman–Crippen LogP) is 4.13. The van der Waals surface area contributed by atoms with Gasteiger partial charge in [0.15, 0.2) is 0 Å². The molecule has 0 amide bonds. The first-order chi connectivity index (χ1) is 18.6. The van der Waals surface area contributed by atoms with Crippen LogP contribution in [0.1, 0.15) is 0 Å². The Morgan fingerprint density at radius 3 is 2.58 bits per heavy atom. The lowest BCUT2D eigenvalue weighted by molar-refractivity contribution is -0.0660. The highest BCUT2D eigenvalue weighted by Gasteiger charge is 2.29. The van der Waals surface area contributed by atoms with Crippen LogP contribution in [0.4, 0.5) is 5.69 Å². The molecule has 1 N–H and O–H groups in total. The van der Waals surface area contributed by atoms with Gasteiger partial charge in [-0.1, -0.05) is 35.9 Å². The molecule has 38 heavy (non-hydrogen) atoms. The first-order valence-electron chi connectivity index (χ1n) is 12.6. The summed E-state index contributed by atoms with van der Waals surface area (Å²) in [6.45, 7) is 5.44. The number of ether oxygens (including phenoxy) is 1. The third-order valence-corrected chi connectivity index (χ3v) is 8.98. The molecule has 2 saturated heterocycles. The van der Waals surface area contributed by atoms with E-state index in [1.165, 1.54) is 15.9 Å². The second-order valence-electron chi connectivity index (χ2n) is 9.68. The van der Waals surface area contributed by atoms with E-state index in [-0.39, 0.29) is 5.56 Å². The maximum atomic E-state index is 13.7. The third-order valence-electron chi connectivity index (χ3n) is 7.49. The number of thiophene rings is 1. The molecule has 0 bridgehead atoms. The number of halogens is 1. The predicted molar refractivity (Wildman–Crippen MR) is 152 cm³/mol. The van der Waals surface area contributed by atoms with Gasteiger partial charge in [0.2, 0.25) is 0 Å². The average Bonchev–Trinajstić information content (AvgIpc) is 3.32. The summed E-state index contributed by atoms with van der Waals surface area (Å²) in [6.07, 6.45) is 3.35. The van der Waals surface area contributed by atoms with Gasteiger partial charge in [0, 0.05) is 64.3 Å². The van der Waals surface area contributed by atoms with Crippen LogP contribution in [0.25, 0.3) is 37.1 Å². The van der Waals surface area contributed by atoms with Crippen LogP contribution in [0, 0.1) is 0 Å². The summed E-state index contributed by atoms with van der Waals surface area (Å²) in [6, 6.07) is 16.0. The minimum absolute atomic E-state index is 0.372. The molecule has 2 aliphatic rings. The lowest BCUT2D eigenvalue weighted by atomic mass is 10.1. The Balaban J connectivity index is 1.30. The number of fused-ring (bicyclic) bond motifs is 2. The monoisotopic (exact) mass is 545 g/mol.